The molecule has 1 aliphatic rings. The van der Waals surface area contributed by atoms with Crippen LogP contribution in [0.4, 0.5) is 11.5 Å². The fraction of sp³-hybridized carbons (Fsp3) is 0.294. The highest BCUT2D eigenvalue weighted by Gasteiger charge is 2.14. The largest absolute Gasteiger partial charge is 0.355 e. The molecular weight excluding hydrogens is 290 g/mol. The molecule has 116 valence electrons. The van der Waals surface area contributed by atoms with E-state index in [2.05, 4.69) is 20.4 Å². The van der Waals surface area contributed by atoms with E-state index in [0.29, 0.717) is 11.3 Å². The Hall–Kier alpha value is -2.94. The van der Waals surface area contributed by atoms with Crippen LogP contribution in [0, 0.1) is 11.3 Å². The molecule has 23 heavy (non-hydrogen) atoms. The molecule has 1 aromatic heterocycles. The Morgan fingerprint density at radius 3 is 2.39 bits per heavy atom. The van der Waals surface area contributed by atoms with Gasteiger partial charge < -0.3 is 10.2 Å². The second-order valence-electron chi connectivity index (χ2n) is 5.47. The molecule has 0 bridgehead atoms. The van der Waals surface area contributed by atoms with Crippen LogP contribution >= 0.6 is 0 Å². The van der Waals surface area contributed by atoms with Gasteiger partial charge in [0.1, 0.15) is 0 Å². The minimum Gasteiger partial charge on any atom is -0.355 e. The van der Waals surface area contributed by atoms with Crippen molar-refractivity contribution >= 4 is 17.4 Å². The van der Waals surface area contributed by atoms with Crippen molar-refractivity contribution < 1.29 is 4.79 Å². The van der Waals surface area contributed by atoms with E-state index in [4.69, 9.17) is 5.26 Å². The number of aromatic nitrogens is 2. The molecule has 1 aromatic carbocycles. The first-order valence-corrected chi connectivity index (χ1v) is 7.66. The van der Waals surface area contributed by atoms with Gasteiger partial charge in [0.15, 0.2) is 11.5 Å². The summed E-state index contributed by atoms with van der Waals surface area (Å²) in [5.41, 5.74) is 1.44. The topological polar surface area (TPSA) is 81.9 Å². The number of benzene rings is 1. The highest BCUT2D eigenvalue weighted by Crippen LogP contribution is 2.17. The third-order valence-corrected chi connectivity index (χ3v) is 3.84. The highest BCUT2D eigenvalue weighted by atomic mass is 16.1. The van der Waals surface area contributed by atoms with Gasteiger partial charge in [-0.3, -0.25) is 4.79 Å². The zero-order valence-corrected chi connectivity index (χ0v) is 12.7. The van der Waals surface area contributed by atoms with E-state index in [1.807, 2.05) is 12.1 Å². The Bertz CT molecular complexity index is 712. The summed E-state index contributed by atoms with van der Waals surface area (Å²) in [5, 5.41) is 19.7. The number of hydrogen-bond acceptors (Lipinski definition) is 5. The molecule has 1 N–H and O–H groups in total. The number of amides is 1. The maximum atomic E-state index is 12.2. The Morgan fingerprint density at radius 1 is 1.04 bits per heavy atom. The molecule has 6 nitrogen and oxygen atoms in total. The summed E-state index contributed by atoms with van der Waals surface area (Å²) in [6.07, 6.45) is 3.60. The molecule has 0 saturated carbocycles. The minimum absolute atomic E-state index is 0.273. The SMILES string of the molecule is N#Cc1ccc(NC(=O)c2ccc(N3CCCCC3)nn2)cc1. The normalized spacial score (nSPS) is 14.1. The van der Waals surface area contributed by atoms with E-state index in [1.165, 1.54) is 19.3 Å². The third-order valence-electron chi connectivity index (χ3n) is 3.84. The fourth-order valence-corrected chi connectivity index (χ4v) is 2.56. The first kappa shape index (κ1) is 15.0. The smallest absolute Gasteiger partial charge is 0.276 e. The molecule has 0 spiro atoms. The molecule has 0 atom stereocenters. The Labute approximate surface area is 134 Å². The maximum absolute atomic E-state index is 12.2. The number of nitrogens with zero attached hydrogens (tertiary/aromatic N) is 4. The number of nitriles is 1. The monoisotopic (exact) mass is 307 g/mol. The first-order chi connectivity index (χ1) is 11.3. The van der Waals surface area contributed by atoms with Crippen molar-refractivity contribution in [3.05, 3.63) is 47.7 Å². The van der Waals surface area contributed by atoms with Gasteiger partial charge in [-0.15, -0.1) is 10.2 Å². The molecule has 6 heteroatoms. The van der Waals surface area contributed by atoms with Gasteiger partial charge in [-0.1, -0.05) is 0 Å². The minimum atomic E-state index is -0.313. The van der Waals surface area contributed by atoms with Crippen molar-refractivity contribution in [2.24, 2.45) is 0 Å². The predicted octanol–water partition coefficient (Wildman–Crippen LogP) is 2.59. The number of anilines is 2. The number of carbonyl (C=O) groups excluding carboxylic acids is 1. The van der Waals surface area contributed by atoms with E-state index in [1.54, 1.807) is 30.3 Å². The van der Waals surface area contributed by atoms with E-state index < -0.39 is 0 Å². The van der Waals surface area contributed by atoms with Crippen LogP contribution in [0.15, 0.2) is 36.4 Å². The number of carbonyl (C=O) groups is 1. The third kappa shape index (κ3) is 3.64. The summed E-state index contributed by atoms with van der Waals surface area (Å²) in [6.45, 7) is 1.98. The zero-order valence-electron chi connectivity index (χ0n) is 12.7. The molecule has 1 amide bonds. The van der Waals surface area contributed by atoms with Gasteiger partial charge in [-0.25, -0.2) is 0 Å². The van der Waals surface area contributed by atoms with Crippen molar-refractivity contribution in [3.8, 4) is 6.07 Å². The fourth-order valence-electron chi connectivity index (χ4n) is 2.56. The maximum Gasteiger partial charge on any atom is 0.276 e. The second-order valence-corrected chi connectivity index (χ2v) is 5.47. The predicted molar refractivity (Wildman–Crippen MR) is 87.2 cm³/mol. The van der Waals surface area contributed by atoms with Crippen LogP contribution < -0.4 is 10.2 Å². The lowest BCUT2D eigenvalue weighted by Gasteiger charge is -2.27. The van der Waals surface area contributed by atoms with Gasteiger partial charge in [0, 0.05) is 18.8 Å². The van der Waals surface area contributed by atoms with Crippen LogP contribution in [0.25, 0.3) is 0 Å². The number of rotatable bonds is 3. The molecule has 0 radical (unpaired) electrons. The van der Waals surface area contributed by atoms with Crippen LogP contribution in [0.5, 0.6) is 0 Å². The molecule has 3 rings (SSSR count). The Balaban J connectivity index is 1.66. The summed E-state index contributed by atoms with van der Waals surface area (Å²) in [5.74, 6) is 0.507. The van der Waals surface area contributed by atoms with Crippen molar-refractivity contribution in [2.75, 3.05) is 23.3 Å². The summed E-state index contributed by atoms with van der Waals surface area (Å²) in [4.78, 5) is 14.4. The lowest BCUT2D eigenvalue weighted by molar-refractivity contribution is 0.102. The van der Waals surface area contributed by atoms with Crippen molar-refractivity contribution in [1.29, 1.82) is 5.26 Å². The van der Waals surface area contributed by atoms with Crippen LogP contribution in [-0.4, -0.2) is 29.2 Å². The molecule has 2 heterocycles. The summed E-state index contributed by atoms with van der Waals surface area (Å²) in [7, 11) is 0. The summed E-state index contributed by atoms with van der Waals surface area (Å²) in [6, 6.07) is 12.2. The van der Waals surface area contributed by atoms with Gasteiger partial charge in [0.2, 0.25) is 0 Å². The van der Waals surface area contributed by atoms with Gasteiger partial charge >= 0.3 is 0 Å². The number of piperidine rings is 1. The van der Waals surface area contributed by atoms with Crippen molar-refractivity contribution in [2.45, 2.75) is 19.3 Å². The number of hydrogen-bond donors (Lipinski definition) is 1. The van der Waals surface area contributed by atoms with Crippen molar-refractivity contribution in [1.82, 2.24) is 10.2 Å². The average molecular weight is 307 g/mol. The summed E-state index contributed by atoms with van der Waals surface area (Å²) < 4.78 is 0. The van der Waals surface area contributed by atoms with E-state index >= 15 is 0 Å². The molecule has 0 aliphatic carbocycles. The molecule has 1 fully saturated rings. The Kier molecular flexibility index (Phi) is 4.48. The van der Waals surface area contributed by atoms with Crippen LogP contribution in [0.1, 0.15) is 35.3 Å². The van der Waals surface area contributed by atoms with Crippen LogP contribution in [-0.2, 0) is 0 Å². The lowest BCUT2D eigenvalue weighted by atomic mass is 10.1. The molecule has 1 aliphatic heterocycles. The standard InChI is InChI=1S/C17H17N5O/c18-12-13-4-6-14(7-5-13)19-17(23)15-8-9-16(21-20-15)22-10-2-1-3-11-22/h4-9H,1-3,10-11H2,(H,19,23). The quantitative estimate of drug-likeness (QED) is 0.942. The van der Waals surface area contributed by atoms with E-state index in [0.717, 1.165) is 18.9 Å². The van der Waals surface area contributed by atoms with Gasteiger partial charge in [-0.05, 0) is 55.7 Å². The van der Waals surface area contributed by atoms with Gasteiger partial charge in [-0.2, -0.15) is 5.26 Å². The zero-order chi connectivity index (χ0) is 16.1. The van der Waals surface area contributed by atoms with Crippen molar-refractivity contribution in [3.63, 3.8) is 0 Å². The van der Waals surface area contributed by atoms with E-state index in [-0.39, 0.29) is 11.6 Å². The molecule has 2 aromatic rings. The van der Waals surface area contributed by atoms with Crippen LogP contribution in [0.3, 0.4) is 0 Å². The molecule has 1 saturated heterocycles. The summed E-state index contributed by atoms with van der Waals surface area (Å²) >= 11 is 0. The van der Waals surface area contributed by atoms with Crippen LogP contribution in [0.2, 0.25) is 0 Å². The van der Waals surface area contributed by atoms with Gasteiger partial charge in [0.25, 0.3) is 5.91 Å². The Morgan fingerprint density at radius 2 is 1.78 bits per heavy atom. The second kappa shape index (κ2) is 6.88. The van der Waals surface area contributed by atoms with E-state index in [9.17, 15) is 4.79 Å². The lowest BCUT2D eigenvalue weighted by Crippen LogP contribution is -2.30. The average Bonchev–Trinajstić information content (AvgIpc) is 2.63. The molecule has 0 unspecified atom stereocenters. The number of nitrogens with one attached hydrogen (secondary N) is 1. The highest BCUT2D eigenvalue weighted by molar-refractivity contribution is 6.02. The van der Waals surface area contributed by atoms with Gasteiger partial charge in [0.05, 0.1) is 11.6 Å². The first-order valence-electron chi connectivity index (χ1n) is 7.66. The molecular formula is C17H17N5O.